The van der Waals surface area contributed by atoms with E-state index in [1.165, 1.54) is 10.9 Å². The number of fused-ring (bicyclic) bond motifs is 1. The number of nitrogens with zero attached hydrogens (tertiary/aromatic N) is 2. The Morgan fingerprint density at radius 1 is 1.42 bits per heavy atom. The predicted molar refractivity (Wildman–Crippen MR) is 96.0 cm³/mol. The van der Waals surface area contributed by atoms with Gasteiger partial charge in [-0.1, -0.05) is 18.2 Å². The van der Waals surface area contributed by atoms with Gasteiger partial charge in [-0.15, -0.1) is 0 Å². The van der Waals surface area contributed by atoms with Crippen LogP contribution in [0.25, 0.3) is 10.9 Å². The number of aliphatic hydroxyl groups excluding tert-OH is 1. The minimum Gasteiger partial charge on any atom is -0.394 e. The summed E-state index contributed by atoms with van der Waals surface area (Å²) in [5, 5.41) is 14.8. The summed E-state index contributed by atoms with van der Waals surface area (Å²) in [5.41, 5.74) is 1.85. The van der Waals surface area contributed by atoms with Crippen LogP contribution < -0.4 is 5.32 Å². The molecule has 3 rings (SSSR count). The van der Waals surface area contributed by atoms with E-state index in [2.05, 4.69) is 48.2 Å². The molecule has 1 fully saturated rings. The number of aromatic nitrogens is 1. The first-order valence-electron chi connectivity index (χ1n) is 8.56. The molecule has 1 aliphatic heterocycles. The number of aliphatic hydroxyl groups is 1. The molecule has 5 heteroatoms. The minimum absolute atomic E-state index is 0.0741. The highest BCUT2D eigenvalue weighted by molar-refractivity contribution is 5.82. The van der Waals surface area contributed by atoms with Crippen molar-refractivity contribution in [3.05, 3.63) is 42.1 Å². The molecule has 0 amide bonds. The summed E-state index contributed by atoms with van der Waals surface area (Å²) in [6.45, 7) is 6.28. The molecular formula is C19H27N3O2. The van der Waals surface area contributed by atoms with Crippen LogP contribution in [0, 0.1) is 0 Å². The smallest absolute Gasteiger partial charge is 0.0802 e. The molecule has 0 spiro atoms. The number of hydrogen-bond donors (Lipinski definition) is 2. The molecule has 1 aromatic carbocycles. The fraction of sp³-hybridized carbons (Fsp3) is 0.526. The number of pyridine rings is 1. The van der Waals surface area contributed by atoms with Crippen LogP contribution in [0.1, 0.15) is 25.5 Å². The molecule has 2 heterocycles. The van der Waals surface area contributed by atoms with Gasteiger partial charge in [0.1, 0.15) is 0 Å². The first-order chi connectivity index (χ1) is 11.6. The highest BCUT2D eigenvalue weighted by Gasteiger charge is 2.40. The van der Waals surface area contributed by atoms with Gasteiger partial charge in [0.15, 0.2) is 0 Å². The normalized spacial score (nSPS) is 26.6. The van der Waals surface area contributed by atoms with Gasteiger partial charge < -0.3 is 15.2 Å². The van der Waals surface area contributed by atoms with E-state index in [0.29, 0.717) is 25.8 Å². The fourth-order valence-corrected chi connectivity index (χ4v) is 3.45. The van der Waals surface area contributed by atoms with Crippen molar-refractivity contribution in [3.63, 3.8) is 0 Å². The summed E-state index contributed by atoms with van der Waals surface area (Å²) in [6, 6.07) is 10.7. The maximum Gasteiger partial charge on any atom is 0.0802 e. The number of benzene rings is 1. The molecule has 1 aromatic heterocycles. The lowest BCUT2D eigenvalue weighted by Crippen LogP contribution is -2.65. The summed E-state index contributed by atoms with van der Waals surface area (Å²) < 4.78 is 5.72. The maximum atomic E-state index is 10.0. The van der Waals surface area contributed by atoms with Crippen LogP contribution in [0.4, 0.5) is 0 Å². The van der Waals surface area contributed by atoms with E-state index in [9.17, 15) is 5.11 Å². The van der Waals surface area contributed by atoms with Crippen molar-refractivity contribution < 1.29 is 9.84 Å². The third kappa shape index (κ3) is 3.17. The Labute approximate surface area is 143 Å². The fourth-order valence-electron chi connectivity index (χ4n) is 3.45. The summed E-state index contributed by atoms with van der Waals surface area (Å²) in [5.74, 6) is 0. The van der Waals surface area contributed by atoms with E-state index in [1.807, 2.05) is 24.4 Å². The quantitative estimate of drug-likeness (QED) is 0.878. The van der Waals surface area contributed by atoms with Crippen molar-refractivity contribution in [1.29, 1.82) is 0 Å². The monoisotopic (exact) mass is 329 g/mol. The van der Waals surface area contributed by atoms with Crippen LogP contribution in [0.15, 0.2) is 36.5 Å². The molecule has 1 aliphatic rings. The number of hydrogen-bond acceptors (Lipinski definition) is 5. The first kappa shape index (κ1) is 17.3. The highest BCUT2D eigenvalue weighted by Crippen LogP contribution is 2.25. The average Bonchev–Trinajstić information content (AvgIpc) is 2.62. The van der Waals surface area contributed by atoms with Crippen molar-refractivity contribution in [2.24, 2.45) is 0 Å². The molecule has 0 saturated carbocycles. The van der Waals surface area contributed by atoms with Gasteiger partial charge in [-0.3, -0.25) is 9.88 Å². The average molecular weight is 329 g/mol. The Hall–Kier alpha value is -1.53. The topological polar surface area (TPSA) is 57.6 Å². The van der Waals surface area contributed by atoms with Crippen LogP contribution >= 0.6 is 0 Å². The summed E-state index contributed by atoms with van der Waals surface area (Å²) in [7, 11) is 2.07. The maximum absolute atomic E-state index is 10.0. The predicted octanol–water partition coefficient (Wildman–Crippen LogP) is 1.97. The first-order valence-corrected chi connectivity index (χ1v) is 8.56. The van der Waals surface area contributed by atoms with E-state index in [4.69, 9.17) is 4.74 Å². The van der Waals surface area contributed by atoms with Crippen molar-refractivity contribution in [2.45, 2.75) is 31.5 Å². The van der Waals surface area contributed by atoms with Crippen molar-refractivity contribution in [2.75, 3.05) is 33.4 Å². The molecule has 0 bridgehead atoms. The van der Waals surface area contributed by atoms with Gasteiger partial charge in [-0.25, -0.2) is 0 Å². The Kier molecular flexibility index (Phi) is 5.15. The van der Waals surface area contributed by atoms with Gasteiger partial charge in [-0.05, 0) is 38.6 Å². The lowest BCUT2D eigenvalue weighted by Gasteiger charge is -2.47. The molecule has 5 nitrogen and oxygen atoms in total. The molecule has 130 valence electrons. The second-order valence-electron chi connectivity index (χ2n) is 6.88. The van der Waals surface area contributed by atoms with E-state index in [1.54, 1.807) is 0 Å². The van der Waals surface area contributed by atoms with Gasteiger partial charge >= 0.3 is 0 Å². The standard InChI is InChI=1S/C19H27N3O2/c1-14-10-24-13-19(12-23,22(14)3)11-21-15(2)16-6-4-8-18-17(16)7-5-9-20-18/h4-9,14-15,21,23H,10-13H2,1-3H3/t14-,15?,19+/m1/s1. The van der Waals surface area contributed by atoms with Gasteiger partial charge in [0.05, 0.1) is 30.9 Å². The third-order valence-electron chi connectivity index (χ3n) is 5.32. The number of rotatable bonds is 5. The molecule has 24 heavy (non-hydrogen) atoms. The van der Waals surface area contributed by atoms with Crippen LogP contribution in [-0.4, -0.2) is 60.0 Å². The minimum atomic E-state index is -0.380. The Balaban J connectivity index is 1.77. The summed E-state index contributed by atoms with van der Waals surface area (Å²) >= 11 is 0. The second-order valence-corrected chi connectivity index (χ2v) is 6.88. The second kappa shape index (κ2) is 7.15. The van der Waals surface area contributed by atoms with E-state index in [0.717, 1.165) is 5.52 Å². The number of ether oxygens (including phenoxy) is 1. The van der Waals surface area contributed by atoms with Gasteiger partial charge in [0.2, 0.25) is 0 Å². The summed E-state index contributed by atoms with van der Waals surface area (Å²) in [6.07, 6.45) is 1.82. The SMILES string of the molecule is CC(NC[C@]1(CO)COC[C@@H](C)N1C)c1cccc2ncccc12. The lowest BCUT2D eigenvalue weighted by atomic mass is 9.94. The molecule has 0 aliphatic carbocycles. The number of morpholine rings is 1. The zero-order chi connectivity index (χ0) is 17.2. The van der Waals surface area contributed by atoms with Crippen LogP contribution in [0.2, 0.25) is 0 Å². The van der Waals surface area contributed by atoms with Crippen LogP contribution in [0.5, 0.6) is 0 Å². The Morgan fingerprint density at radius 3 is 3.04 bits per heavy atom. The van der Waals surface area contributed by atoms with Crippen molar-refractivity contribution in [3.8, 4) is 0 Å². The van der Waals surface area contributed by atoms with E-state index in [-0.39, 0.29) is 18.2 Å². The van der Waals surface area contributed by atoms with Gasteiger partial charge in [0, 0.05) is 30.2 Å². The molecule has 2 aromatic rings. The summed E-state index contributed by atoms with van der Waals surface area (Å²) in [4.78, 5) is 6.67. The van der Waals surface area contributed by atoms with Gasteiger partial charge in [-0.2, -0.15) is 0 Å². The third-order valence-corrected chi connectivity index (χ3v) is 5.32. The van der Waals surface area contributed by atoms with E-state index >= 15 is 0 Å². The van der Waals surface area contributed by atoms with Crippen molar-refractivity contribution >= 4 is 10.9 Å². The molecule has 0 radical (unpaired) electrons. The molecule has 1 saturated heterocycles. The van der Waals surface area contributed by atoms with Crippen LogP contribution in [-0.2, 0) is 4.74 Å². The number of likely N-dealkylation sites (N-methyl/N-ethyl adjacent to an activating group) is 1. The zero-order valence-corrected chi connectivity index (χ0v) is 14.7. The molecular weight excluding hydrogens is 302 g/mol. The van der Waals surface area contributed by atoms with E-state index < -0.39 is 0 Å². The van der Waals surface area contributed by atoms with Gasteiger partial charge in [0.25, 0.3) is 0 Å². The zero-order valence-electron chi connectivity index (χ0n) is 14.7. The van der Waals surface area contributed by atoms with Crippen molar-refractivity contribution in [1.82, 2.24) is 15.2 Å². The highest BCUT2D eigenvalue weighted by atomic mass is 16.5. The Morgan fingerprint density at radius 2 is 2.25 bits per heavy atom. The van der Waals surface area contributed by atoms with Crippen LogP contribution in [0.3, 0.4) is 0 Å². The molecule has 1 unspecified atom stereocenters. The molecule has 2 N–H and O–H groups in total. The number of nitrogens with one attached hydrogen (secondary N) is 1. The Bertz CT molecular complexity index is 688. The largest absolute Gasteiger partial charge is 0.394 e. The molecule has 3 atom stereocenters. The lowest BCUT2D eigenvalue weighted by molar-refractivity contribution is -0.106.